The summed E-state index contributed by atoms with van der Waals surface area (Å²) in [5, 5.41) is 3.22. The number of thiophene rings is 1. The number of nitrogens with one attached hydrogen (secondary N) is 1. The van der Waals surface area contributed by atoms with Gasteiger partial charge in [-0.25, -0.2) is 0 Å². The van der Waals surface area contributed by atoms with Crippen molar-refractivity contribution in [3.05, 3.63) is 25.8 Å². The molecule has 0 aromatic carbocycles. The molecule has 2 aliphatic carbocycles. The lowest BCUT2D eigenvalue weighted by atomic mass is 9.88. The van der Waals surface area contributed by atoms with Crippen LogP contribution in [0, 0.1) is 5.92 Å². The average molecular weight is 334 g/mol. The number of hydrogen-bond donors (Lipinski definition) is 1. The summed E-state index contributed by atoms with van der Waals surface area (Å²) >= 11 is 3.67. The smallest absolute Gasteiger partial charge is 0.257 e. The molecule has 0 saturated heterocycles. The van der Waals surface area contributed by atoms with Crippen molar-refractivity contribution in [1.82, 2.24) is 5.32 Å². The van der Waals surface area contributed by atoms with Gasteiger partial charge >= 0.3 is 0 Å². The molecule has 2 heterocycles. The van der Waals surface area contributed by atoms with Crippen LogP contribution in [-0.4, -0.2) is 11.9 Å². The van der Waals surface area contributed by atoms with E-state index < -0.39 is 0 Å². The molecule has 1 amide bonds. The van der Waals surface area contributed by atoms with Crippen LogP contribution in [0.3, 0.4) is 0 Å². The Labute approximate surface area is 140 Å². The standard InChI is InChI=1S/C18H23NOS2/c1-11-6-7-13-14-10-21-17(9-16(14)22-15(13)8-11)18(20)19-12-4-2-3-5-12/h9,11-12H,2-8,10H2,1H3,(H,19,20). The minimum Gasteiger partial charge on any atom is -0.349 e. The summed E-state index contributed by atoms with van der Waals surface area (Å²) in [4.78, 5) is 16.3. The lowest BCUT2D eigenvalue weighted by Crippen LogP contribution is -2.33. The molecule has 1 aromatic heterocycles. The Balaban J connectivity index is 1.54. The number of rotatable bonds is 2. The van der Waals surface area contributed by atoms with Crippen LogP contribution in [0.5, 0.6) is 0 Å². The third kappa shape index (κ3) is 2.76. The molecule has 4 heteroatoms. The number of amides is 1. The highest BCUT2D eigenvalue weighted by molar-refractivity contribution is 8.03. The highest BCUT2D eigenvalue weighted by Crippen LogP contribution is 2.43. The molecule has 1 fully saturated rings. The topological polar surface area (TPSA) is 29.1 Å². The number of carbonyl (C=O) groups is 1. The molecule has 0 bridgehead atoms. The van der Waals surface area contributed by atoms with Crippen molar-refractivity contribution >= 4 is 35.1 Å². The van der Waals surface area contributed by atoms with Crippen LogP contribution in [0.25, 0.3) is 6.08 Å². The van der Waals surface area contributed by atoms with E-state index in [4.69, 9.17) is 0 Å². The van der Waals surface area contributed by atoms with Crippen LogP contribution in [0.4, 0.5) is 0 Å². The van der Waals surface area contributed by atoms with Gasteiger partial charge in [0.1, 0.15) is 0 Å². The van der Waals surface area contributed by atoms with Gasteiger partial charge < -0.3 is 5.32 Å². The number of fused-ring (bicyclic) bond motifs is 3. The molecule has 3 aliphatic rings. The molecular weight excluding hydrogens is 310 g/mol. The number of hydrogen-bond acceptors (Lipinski definition) is 3. The van der Waals surface area contributed by atoms with Crippen LogP contribution in [0.1, 0.15) is 59.9 Å². The van der Waals surface area contributed by atoms with Crippen molar-refractivity contribution in [1.29, 1.82) is 0 Å². The van der Waals surface area contributed by atoms with E-state index in [0.29, 0.717) is 6.04 Å². The Morgan fingerprint density at radius 3 is 2.86 bits per heavy atom. The Hall–Kier alpha value is -0.740. The van der Waals surface area contributed by atoms with Crippen molar-refractivity contribution in [2.24, 2.45) is 5.92 Å². The largest absolute Gasteiger partial charge is 0.349 e. The highest BCUT2D eigenvalue weighted by Gasteiger charge is 2.27. The molecule has 22 heavy (non-hydrogen) atoms. The van der Waals surface area contributed by atoms with Crippen LogP contribution >= 0.6 is 23.1 Å². The molecule has 4 rings (SSSR count). The molecule has 2 nitrogen and oxygen atoms in total. The van der Waals surface area contributed by atoms with Gasteiger partial charge in [0.25, 0.3) is 5.91 Å². The predicted molar refractivity (Wildman–Crippen MR) is 95.2 cm³/mol. The second-order valence-corrected chi connectivity index (χ2v) is 9.10. The van der Waals surface area contributed by atoms with E-state index in [0.717, 1.165) is 29.4 Å². The fourth-order valence-electron chi connectivity index (χ4n) is 3.88. The van der Waals surface area contributed by atoms with Crippen molar-refractivity contribution < 1.29 is 4.79 Å². The fourth-order valence-corrected chi connectivity index (χ4v) is 6.54. The van der Waals surface area contributed by atoms with E-state index in [-0.39, 0.29) is 5.91 Å². The minimum absolute atomic E-state index is 0.155. The van der Waals surface area contributed by atoms with Crippen LogP contribution in [-0.2, 0) is 23.4 Å². The van der Waals surface area contributed by atoms with Crippen molar-refractivity contribution in [3.63, 3.8) is 0 Å². The van der Waals surface area contributed by atoms with Gasteiger partial charge in [-0.2, -0.15) is 0 Å². The molecule has 1 N–H and O–H groups in total. The van der Waals surface area contributed by atoms with Gasteiger partial charge in [0.05, 0.1) is 4.91 Å². The van der Waals surface area contributed by atoms with Gasteiger partial charge in [-0.15, -0.1) is 23.1 Å². The maximum atomic E-state index is 12.5. The second-order valence-electron chi connectivity index (χ2n) is 6.95. The zero-order chi connectivity index (χ0) is 15.1. The van der Waals surface area contributed by atoms with E-state index in [9.17, 15) is 4.79 Å². The van der Waals surface area contributed by atoms with Crippen molar-refractivity contribution in [2.45, 2.75) is 63.7 Å². The summed E-state index contributed by atoms with van der Waals surface area (Å²) < 4.78 is 0. The fraction of sp³-hybridized carbons (Fsp3) is 0.611. The van der Waals surface area contributed by atoms with Gasteiger partial charge in [-0.05, 0) is 55.2 Å². The molecule has 0 spiro atoms. The molecule has 1 aromatic rings. The SMILES string of the molecule is CC1CCc2c(sc3c2CSC(C(=O)NC2CCCC2)=C3)C1. The summed E-state index contributed by atoms with van der Waals surface area (Å²) in [6.45, 7) is 2.35. The molecule has 1 aliphatic heterocycles. The Kier molecular flexibility index (Phi) is 4.07. The van der Waals surface area contributed by atoms with Gasteiger partial charge in [-0.3, -0.25) is 4.79 Å². The third-order valence-corrected chi connectivity index (χ3v) is 7.49. The third-order valence-electron chi connectivity index (χ3n) is 5.20. The summed E-state index contributed by atoms with van der Waals surface area (Å²) in [7, 11) is 0. The Morgan fingerprint density at radius 2 is 2.05 bits per heavy atom. The van der Waals surface area contributed by atoms with E-state index in [1.165, 1.54) is 42.5 Å². The molecule has 1 atom stereocenters. The predicted octanol–water partition coefficient (Wildman–Crippen LogP) is 4.52. The van der Waals surface area contributed by atoms with Crippen molar-refractivity contribution in [2.75, 3.05) is 0 Å². The van der Waals surface area contributed by atoms with Crippen LogP contribution in [0.15, 0.2) is 4.91 Å². The summed E-state index contributed by atoms with van der Waals surface area (Å²) in [5.74, 6) is 1.95. The van der Waals surface area contributed by atoms with Gasteiger partial charge in [0, 0.05) is 21.5 Å². The molecular formula is C18H23NOS2. The van der Waals surface area contributed by atoms with Gasteiger partial charge in [0.2, 0.25) is 0 Å². The first-order chi connectivity index (χ1) is 10.7. The van der Waals surface area contributed by atoms with E-state index in [2.05, 4.69) is 18.3 Å². The zero-order valence-electron chi connectivity index (χ0n) is 13.1. The Morgan fingerprint density at radius 1 is 1.23 bits per heavy atom. The van der Waals surface area contributed by atoms with Crippen LogP contribution in [0.2, 0.25) is 0 Å². The summed E-state index contributed by atoms with van der Waals surface area (Å²) in [5.41, 5.74) is 3.13. The molecule has 1 saturated carbocycles. The van der Waals surface area contributed by atoms with Crippen molar-refractivity contribution in [3.8, 4) is 0 Å². The minimum atomic E-state index is 0.155. The lowest BCUT2D eigenvalue weighted by molar-refractivity contribution is -0.117. The van der Waals surface area contributed by atoms with E-state index in [1.807, 2.05) is 11.3 Å². The number of thioether (sulfide) groups is 1. The molecule has 1 unspecified atom stereocenters. The molecule has 0 radical (unpaired) electrons. The quantitative estimate of drug-likeness (QED) is 0.862. The van der Waals surface area contributed by atoms with Gasteiger partial charge in [-0.1, -0.05) is 19.8 Å². The van der Waals surface area contributed by atoms with Gasteiger partial charge in [0.15, 0.2) is 0 Å². The summed E-state index contributed by atoms with van der Waals surface area (Å²) in [6.07, 6.45) is 10.8. The highest BCUT2D eigenvalue weighted by atomic mass is 32.2. The maximum absolute atomic E-state index is 12.5. The first-order valence-corrected chi connectivity index (χ1v) is 10.3. The normalized spacial score (nSPS) is 24.6. The maximum Gasteiger partial charge on any atom is 0.257 e. The van der Waals surface area contributed by atoms with Crippen LogP contribution < -0.4 is 5.32 Å². The lowest BCUT2D eigenvalue weighted by Gasteiger charge is -2.20. The first-order valence-electron chi connectivity index (χ1n) is 8.49. The Bertz CT molecular complexity index is 625. The zero-order valence-corrected chi connectivity index (χ0v) is 14.7. The monoisotopic (exact) mass is 333 g/mol. The van der Waals surface area contributed by atoms with E-state index in [1.54, 1.807) is 22.2 Å². The average Bonchev–Trinajstić information content (AvgIpc) is 3.12. The number of carbonyl (C=O) groups excluding carboxylic acids is 1. The molecule has 118 valence electrons. The second kappa shape index (κ2) is 6.04. The summed E-state index contributed by atoms with van der Waals surface area (Å²) in [6, 6.07) is 0.410. The van der Waals surface area contributed by atoms with E-state index >= 15 is 0 Å². The first kappa shape index (κ1) is 14.8.